The Morgan fingerprint density at radius 3 is 2.84 bits per heavy atom. The molecule has 0 fully saturated rings. The summed E-state index contributed by atoms with van der Waals surface area (Å²) >= 11 is 0. The van der Waals surface area contributed by atoms with Gasteiger partial charge in [-0.05, 0) is 31.2 Å². The molecule has 1 heterocycles. The number of carbonyl (C=O) groups excluding carboxylic acids is 1. The monoisotopic (exact) mass is 259 g/mol. The summed E-state index contributed by atoms with van der Waals surface area (Å²) in [6, 6.07) is 7.90. The van der Waals surface area contributed by atoms with E-state index in [1.807, 2.05) is 35.0 Å². The summed E-state index contributed by atoms with van der Waals surface area (Å²) in [6.45, 7) is 6.14. The number of ether oxygens (including phenoxy) is 2. The summed E-state index contributed by atoms with van der Waals surface area (Å²) in [5.74, 6) is 0.483. The average Bonchev–Trinajstić information content (AvgIpc) is 2.80. The van der Waals surface area contributed by atoms with Crippen molar-refractivity contribution in [1.29, 1.82) is 0 Å². The molecule has 4 heteroatoms. The molecule has 0 spiro atoms. The van der Waals surface area contributed by atoms with E-state index in [4.69, 9.17) is 9.47 Å². The van der Waals surface area contributed by atoms with Gasteiger partial charge in [0.2, 0.25) is 0 Å². The molecule has 2 aromatic rings. The molecule has 4 nitrogen and oxygen atoms in total. The first-order chi connectivity index (χ1) is 9.11. The fourth-order valence-electron chi connectivity index (χ4n) is 1.86. The van der Waals surface area contributed by atoms with Gasteiger partial charge in [-0.15, -0.1) is 0 Å². The topological polar surface area (TPSA) is 40.5 Å². The maximum atomic E-state index is 11.3. The fourth-order valence-corrected chi connectivity index (χ4v) is 1.86. The van der Waals surface area contributed by atoms with Crippen molar-refractivity contribution in [3.05, 3.63) is 42.6 Å². The average molecular weight is 259 g/mol. The number of benzene rings is 1. The van der Waals surface area contributed by atoms with Crippen LogP contribution in [0.1, 0.15) is 6.92 Å². The number of methoxy groups -OCH3 is 1. The lowest BCUT2D eigenvalue weighted by molar-refractivity contribution is -0.139. The van der Waals surface area contributed by atoms with Crippen LogP contribution in [0.2, 0.25) is 0 Å². The van der Waals surface area contributed by atoms with Crippen LogP contribution in [0.3, 0.4) is 0 Å². The van der Waals surface area contributed by atoms with Gasteiger partial charge in [0.25, 0.3) is 0 Å². The number of aromatic nitrogens is 1. The molecule has 0 atom stereocenters. The highest BCUT2D eigenvalue weighted by atomic mass is 16.5. The lowest BCUT2D eigenvalue weighted by Gasteiger charge is -2.07. The molecule has 2 rings (SSSR count). The van der Waals surface area contributed by atoms with Crippen molar-refractivity contribution in [2.24, 2.45) is 0 Å². The number of nitrogens with zero attached hydrogens (tertiary/aromatic N) is 1. The highest BCUT2D eigenvalue weighted by molar-refractivity contribution is 5.87. The van der Waals surface area contributed by atoms with Crippen LogP contribution < -0.4 is 4.74 Å². The number of esters is 1. The molecule has 1 aromatic heterocycles. The summed E-state index contributed by atoms with van der Waals surface area (Å²) in [5.41, 5.74) is 1.51. The van der Waals surface area contributed by atoms with Gasteiger partial charge in [-0.3, -0.25) is 0 Å². The maximum absolute atomic E-state index is 11.3. The molecule has 0 radical (unpaired) electrons. The van der Waals surface area contributed by atoms with Crippen molar-refractivity contribution in [2.75, 3.05) is 13.7 Å². The Hall–Kier alpha value is -2.23. The van der Waals surface area contributed by atoms with Gasteiger partial charge in [-0.1, -0.05) is 6.58 Å². The minimum absolute atomic E-state index is 0.335. The SMILES string of the molecule is C=C(C)C(=O)OCCn1ccc2cc(OC)ccc21. The van der Waals surface area contributed by atoms with E-state index >= 15 is 0 Å². The lowest BCUT2D eigenvalue weighted by Crippen LogP contribution is -2.11. The first-order valence-corrected chi connectivity index (χ1v) is 6.07. The van der Waals surface area contributed by atoms with Crippen molar-refractivity contribution < 1.29 is 14.3 Å². The second-order valence-corrected chi connectivity index (χ2v) is 4.35. The molecule has 0 saturated carbocycles. The van der Waals surface area contributed by atoms with Crippen LogP contribution in [-0.2, 0) is 16.1 Å². The second kappa shape index (κ2) is 5.61. The van der Waals surface area contributed by atoms with Crippen molar-refractivity contribution in [1.82, 2.24) is 4.57 Å². The minimum Gasteiger partial charge on any atom is -0.497 e. The molecule has 0 amide bonds. The third-order valence-corrected chi connectivity index (χ3v) is 2.89. The van der Waals surface area contributed by atoms with Gasteiger partial charge in [0.1, 0.15) is 12.4 Å². The smallest absolute Gasteiger partial charge is 0.333 e. The van der Waals surface area contributed by atoms with E-state index in [9.17, 15) is 4.79 Å². The first-order valence-electron chi connectivity index (χ1n) is 6.07. The van der Waals surface area contributed by atoms with Crippen LogP contribution in [0.5, 0.6) is 5.75 Å². The standard InChI is InChI=1S/C15H17NO3/c1-11(2)15(17)19-9-8-16-7-6-12-10-13(18-3)4-5-14(12)16/h4-7,10H,1,8-9H2,2-3H3. The number of hydrogen-bond acceptors (Lipinski definition) is 3. The van der Waals surface area contributed by atoms with Gasteiger partial charge >= 0.3 is 5.97 Å². The van der Waals surface area contributed by atoms with Crippen molar-refractivity contribution in [3.63, 3.8) is 0 Å². The number of rotatable bonds is 5. The van der Waals surface area contributed by atoms with Gasteiger partial charge < -0.3 is 14.0 Å². The van der Waals surface area contributed by atoms with Crippen LogP contribution in [0.4, 0.5) is 0 Å². The van der Waals surface area contributed by atoms with Crippen LogP contribution in [0, 0.1) is 0 Å². The van der Waals surface area contributed by atoms with E-state index < -0.39 is 0 Å². The molecule has 0 bridgehead atoms. The molecule has 100 valence electrons. The third-order valence-electron chi connectivity index (χ3n) is 2.89. The summed E-state index contributed by atoms with van der Waals surface area (Å²) in [6.07, 6.45) is 1.97. The Balaban J connectivity index is 2.05. The third kappa shape index (κ3) is 2.96. The van der Waals surface area contributed by atoms with E-state index in [1.165, 1.54) is 0 Å². The highest BCUT2D eigenvalue weighted by Crippen LogP contribution is 2.21. The van der Waals surface area contributed by atoms with Gasteiger partial charge in [0.05, 0.1) is 13.7 Å². The normalized spacial score (nSPS) is 10.4. The van der Waals surface area contributed by atoms with Gasteiger partial charge in [-0.2, -0.15) is 0 Å². The van der Waals surface area contributed by atoms with Crippen LogP contribution in [0.15, 0.2) is 42.6 Å². The van der Waals surface area contributed by atoms with E-state index in [-0.39, 0.29) is 5.97 Å². The van der Waals surface area contributed by atoms with E-state index in [0.717, 1.165) is 16.7 Å². The van der Waals surface area contributed by atoms with Crippen LogP contribution >= 0.6 is 0 Å². The van der Waals surface area contributed by atoms with Crippen molar-refractivity contribution in [2.45, 2.75) is 13.5 Å². The zero-order valence-corrected chi connectivity index (χ0v) is 11.2. The molecule has 0 aliphatic heterocycles. The molecule has 19 heavy (non-hydrogen) atoms. The molecular formula is C15H17NO3. The number of hydrogen-bond donors (Lipinski definition) is 0. The summed E-state index contributed by atoms with van der Waals surface area (Å²) < 4.78 is 12.3. The molecule has 0 N–H and O–H groups in total. The number of fused-ring (bicyclic) bond motifs is 1. The quantitative estimate of drug-likeness (QED) is 0.612. The Bertz CT molecular complexity index is 613. The van der Waals surface area contributed by atoms with Gasteiger partial charge in [0.15, 0.2) is 0 Å². The predicted molar refractivity (Wildman–Crippen MR) is 74.3 cm³/mol. The Labute approximate surface area is 112 Å². The largest absolute Gasteiger partial charge is 0.497 e. The Morgan fingerprint density at radius 1 is 1.37 bits per heavy atom. The Kier molecular flexibility index (Phi) is 3.90. The molecule has 0 saturated heterocycles. The van der Waals surface area contributed by atoms with E-state index in [0.29, 0.717) is 18.7 Å². The lowest BCUT2D eigenvalue weighted by atomic mass is 10.2. The zero-order chi connectivity index (χ0) is 13.8. The summed E-state index contributed by atoms with van der Waals surface area (Å²) in [7, 11) is 1.65. The first kappa shape index (κ1) is 13.2. The second-order valence-electron chi connectivity index (χ2n) is 4.35. The highest BCUT2D eigenvalue weighted by Gasteiger charge is 2.05. The van der Waals surface area contributed by atoms with Crippen molar-refractivity contribution >= 4 is 16.9 Å². The van der Waals surface area contributed by atoms with Gasteiger partial charge in [-0.25, -0.2) is 4.79 Å². The molecule has 0 aliphatic rings. The number of carbonyl (C=O) groups is 1. The van der Waals surface area contributed by atoms with Crippen LogP contribution in [-0.4, -0.2) is 24.3 Å². The molecule has 1 aromatic carbocycles. The molecule has 0 aliphatic carbocycles. The minimum atomic E-state index is -0.349. The van der Waals surface area contributed by atoms with E-state index in [1.54, 1.807) is 14.0 Å². The van der Waals surface area contributed by atoms with Crippen LogP contribution in [0.25, 0.3) is 10.9 Å². The predicted octanol–water partition coefficient (Wildman–Crippen LogP) is 2.77. The summed E-state index contributed by atoms with van der Waals surface area (Å²) in [5, 5.41) is 1.10. The maximum Gasteiger partial charge on any atom is 0.333 e. The fraction of sp³-hybridized carbons (Fsp3) is 0.267. The molecule has 0 unspecified atom stereocenters. The summed E-state index contributed by atoms with van der Waals surface area (Å²) in [4.78, 5) is 11.3. The van der Waals surface area contributed by atoms with Crippen molar-refractivity contribution in [3.8, 4) is 5.75 Å². The zero-order valence-electron chi connectivity index (χ0n) is 11.2. The Morgan fingerprint density at radius 2 is 2.16 bits per heavy atom. The van der Waals surface area contributed by atoms with E-state index in [2.05, 4.69) is 6.58 Å². The van der Waals surface area contributed by atoms with Gasteiger partial charge in [0, 0.05) is 22.7 Å². The molecular weight excluding hydrogens is 242 g/mol.